The number of carbonyl (C=O) groups is 2. The molecule has 0 saturated carbocycles. The Morgan fingerprint density at radius 2 is 1.57 bits per heavy atom. The van der Waals surface area contributed by atoms with Gasteiger partial charge in [0, 0.05) is 11.3 Å². The van der Waals surface area contributed by atoms with Gasteiger partial charge < -0.3 is 9.84 Å². The fraction of sp³-hybridized carbons (Fsp3) is 0.130. The van der Waals surface area contributed by atoms with Gasteiger partial charge in [-0.1, -0.05) is 48.5 Å². The van der Waals surface area contributed by atoms with Crippen molar-refractivity contribution in [2.75, 3.05) is 12.0 Å². The third-order valence-electron chi connectivity index (χ3n) is 5.10. The van der Waals surface area contributed by atoms with Gasteiger partial charge in [-0.3, -0.25) is 14.5 Å². The van der Waals surface area contributed by atoms with E-state index in [0.717, 1.165) is 5.56 Å². The molecule has 3 aromatic carbocycles. The number of anilines is 1. The van der Waals surface area contributed by atoms with E-state index >= 15 is 0 Å². The zero-order valence-corrected chi connectivity index (χ0v) is 15.3. The molecule has 1 amide bonds. The van der Waals surface area contributed by atoms with Crippen molar-refractivity contribution >= 4 is 17.6 Å². The van der Waals surface area contributed by atoms with E-state index in [0.29, 0.717) is 22.6 Å². The van der Waals surface area contributed by atoms with Crippen molar-refractivity contribution in [3.8, 4) is 5.75 Å². The van der Waals surface area contributed by atoms with Gasteiger partial charge in [-0.15, -0.1) is 0 Å². The summed E-state index contributed by atoms with van der Waals surface area (Å²) in [5, 5.41) is 10.1. The smallest absolute Gasteiger partial charge is 0.313 e. The third-order valence-corrected chi connectivity index (χ3v) is 5.10. The van der Waals surface area contributed by atoms with E-state index in [1.54, 1.807) is 48.4 Å². The Bertz CT molecular complexity index is 1010. The van der Waals surface area contributed by atoms with Crippen LogP contribution in [0, 0.1) is 0 Å². The number of carbonyl (C=O) groups excluding carboxylic acids is 1. The van der Waals surface area contributed by atoms with Crippen molar-refractivity contribution in [3.05, 3.63) is 95.6 Å². The summed E-state index contributed by atoms with van der Waals surface area (Å²) in [6, 6.07) is 22.6. The van der Waals surface area contributed by atoms with E-state index in [1.165, 1.54) is 0 Å². The maximum absolute atomic E-state index is 13.4. The minimum Gasteiger partial charge on any atom is -0.497 e. The molecule has 0 unspecified atom stereocenters. The van der Waals surface area contributed by atoms with Crippen LogP contribution in [-0.2, 0) is 4.79 Å². The molecule has 0 fully saturated rings. The lowest BCUT2D eigenvalue weighted by Gasteiger charge is -2.40. The van der Waals surface area contributed by atoms with Gasteiger partial charge in [-0.2, -0.15) is 0 Å². The number of nitrogens with zero attached hydrogens (tertiary/aromatic N) is 1. The van der Waals surface area contributed by atoms with Crippen molar-refractivity contribution in [1.82, 2.24) is 0 Å². The molecule has 2 atom stereocenters. The number of para-hydroxylation sites is 1. The molecule has 0 radical (unpaired) electrons. The highest BCUT2D eigenvalue weighted by atomic mass is 16.5. The summed E-state index contributed by atoms with van der Waals surface area (Å²) in [4.78, 5) is 27.3. The molecule has 1 aliphatic rings. The molecule has 1 heterocycles. The van der Waals surface area contributed by atoms with Crippen LogP contribution in [0.1, 0.15) is 33.4 Å². The quantitative estimate of drug-likeness (QED) is 0.742. The van der Waals surface area contributed by atoms with Crippen molar-refractivity contribution in [2.24, 2.45) is 0 Å². The van der Waals surface area contributed by atoms with Crippen LogP contribution in [0.25, 0.3) is 0 Å². The van der Waals surface area contributed by atoms with E-state index in [4.69, 9.17) is 4.74 Å². The van der Waals surface area contributed by atoms with Gasteiger partial charge in [0.05, 0.1) is 13.2 Å². The van der Waals surface area contributed by atoms with Crippen LogP contribution in [0.2, 0.25) is 0 Å². The van der Waals surface area contributed by atoms with Gasteiger partial charge >= 0.3 is 5.97 Å². The predicted molar refractivity (Wildman–Crippen MR) is 106 cm³/mol. The van der Waals surface area contributed by atoms with Crippen LogP contribution in [0.15, 0.2) is 78.9 Å². The average Bonchev–Trinajstić information content (AvgIpc) is 2.74. The van der Waals surface area contributed by atoms with Gasteiger partial charge in [0.2, 0.25) is 0 Å². The largest absolute Gasteiger partial charge is 0.497 e. The minimum absolute atomic E-state index is 0.208. The third kappa shape index (κ3) is 2.91. The molecule has 1 N–H and O–H groups in total. The maximum atomic E-state index is 13.4. The lowest BCUT2D eigenvalue weighted by Crippen LogP contribution is -2.45. The number of amides is 1. The van der Waals surface area contributed by atoms with Crippen molar-refractivity contribution < 1.29 is 19.4 Å². The summed E-state index contributed by atoms with van der Waals surface area (Å²) in [6.45, 7) is 0. The van der Waals surface area contributed by atoms with Crippen LogP contribution in [0.3, 0.4) is 0 Å². The number of hydrogen-bond donors (Lipinski definition) is 1. The Kier molecular flexibility index (Phi) is 4.57. The lowest BCUT2D eigenvalue weighted by atomic mass is 9.79. The van der Waals surface area contributed by atoms with Crippen LogP contribution in [0.5, 0.6) is 5.75 Å². The summed E-state index contributed by atoms with van der Waals surface area (Å²) in [7, 11) is 1.58. The molecule has 0 aliphatic carbocycles. The number of aliphatic carboxylic acids is 1. The normalized spacial score (nSPS) is 18.5. The number of rotatable bonds is 4. The number of methoxy groups -OCH3 is 1. The van der Waals surface area contributed by atoms with Crippen molar-refractivity contribution in [3.63, 3.8) is 0 Å². The highest BCUT2D eigenvalue weighted by Crippen LogP contribution is 2.45. The first-order valence-corrected chi connectivity index (χ1v) is 8.96. The number of fused-ring (bicyclic) bond motifs is 1. The standard InChI is InChI=1S/C23H19NO4/c1-28-17-13-11-15(12-14-17)21-20(23(26)27)18-9-5-6-10-19(18)22(25)24(21)16-7-3-2-4-8-16/h2-14,20-21H,1H3,(H,26,27)/t20-,21-/m1/s1. The SMILES string of the molecule is COc1ccc([C@@H]2[C@H](C(=O)O)c3ccccc3C(=O)N2c2ccccc2)cc1. The van der Waals surface area contributed by atoms with E-state index in [1.807, 2.05) is 42.5 Å². The fourth-order valence-corrected chi connectivity index (χ4v) is 3.82. The summed E-state index contributed by atoms with van der Waals surface area (Å²) in [5.41, 5.74) is 2.35. The second-order valence-electron chi connectivity index (χ2n) is 6.63. The molecular weight excluding hydrogens is 354 g/mol. The molecule has 0 spiro atoms. The first-order valence-electron chi connectivity index (χ1n) is 8.96. The fourth-order valence-electron chi connectivity index (χ4n) is 3.82. The molecule has 140 valence electrons. The second kappa shape index (κ2) is 7.19. The van der Waals surface area contributed by atoms with Gasteiger partial charge in [0.15, 0.2) is 0 Å². The molecule has 5 nitrogen and oxygen atoms in total. The number of carboxylic acid groups (broad SMARTS) is 1. The Hall–Kier alpha value is -3.60. The summed E-state index contributed by atoms with van der Waals surface area (Å²) >= 11 is 0. The highest BCUT2D eigenvalue weighted by molar-refractivity contribution is 6.10. The molecular formula is C23H19NO4. The molecule has 1 aliphatic heterocycles. The zero-order valence-electron chi connectivity index (χ0n) is 15.3. The zero-order chi connectivity index (χ0) is 19.7. The highest BCUT2D eigenvalue weighted by Gasteiger charge is 2.44. The van der Waals surface area contributed by atoms with E-state index in [2.05, 4.69) is 0 Å². The van der Waals surface area contributed by atoms with Crippen molar-refractivity contribution in [1.29, 1.82) is 0 Å². The topological polar surface area (TPSA) is 66.8 Å². The lowest BCUT2D eigenvalue weighted by molar-refractivity contribution is -0.139. The average molecular weight is 373 g/mol. The van der Waals surface area contributed by atoms with Crippen LogP contribution >= 0.6 is 0 Å². The summed E-state index contributed by atoms with van der Waals surface area (Å²) in [6.07, 6.45) is 0. The monoisotopic (exact) mass is 373 g/mol. The number of benzene rings is 3. The number of hydrogen-bond acceptors (Lipinski definition) is 3. The van der Waals surface area contributed by atoms with E-state index in [-0.39, 0.29) is 5.91 Å². The number of carboxylic acids is 1. The molecule has 4 rings (SSSR count). The van der Waals surface area contributed by atoms with Gasteiger partial charge in [-0.25, -0.2) is 0 Å². The summed E-state index contributed by atoms with van der Waals surface area (Å²) in [5.74, 6) is -1.39. The molecule has 0 saturated heterocycles. The van der Waals surface area contributed by atoms with Gasteiger partial charge in [0.1, 0.15) is 11.7 Å². The molecule has 0 aromatic heterocycles. The first kappa shape index (κ1) is 17.8. The predicted octanol–water partition coefficient (Wildman–Crippen LogP) is 4.27. The Labute approximate surface area is 162 Å². The molecule has 0 bridgehead atoms. The second-order valence-corrected chi connectivity index (χ2v) is 6.63. The van der Waals surface area contributed by atoms with Gasteiger partial charge in [-0.05, 0) is 41.5 Å². The Morgan fingerprint density at radius 1 is 0.929 bits per heavy atom. The first-order chi connectivity index (χ1) is 13.6. The molecule has 3 aromatic rings. The molecule has 28 heavy (non-hydrogen) atoms. The maximum Gasteiger partial charge on any atom is 0.313 e. The van der Waals surface area contributed by atoms with Crippen LogP contribution < -0.4 is 9.64 Å². The Balaban J connectivity index is 1.95. The number of ether oxygens (including phenoxy) is 1. The summed E-state index contributed by atoms with van der Waals surface area (Å²) < 4.78 is 5.22. The van der Waals surface area contributed by atoms with Crippen LogP contribution in [-0.4, -0.2) is 24.1 Å². The Morgan fingerprint density at radius 3 is 2.21 bits per heavy atom. The van der Waals surface area contributed by atoms with Gasteiger partial charge in [0.25, 0.3) is 5.91 Å². The van der Waals surface area contributed by atoms with E-state index in [9.17, 15) is 14.7 Å². The minimum atomic E-state index is -0.971. The van der Waals surface area contributed by atoms with Crippen LogP contribution in [0.4, 0.5) is 5.69 Å². The van der Waals surface area contributed by atoms with Crippen molar-refractivity contribution in [2.45, 2.75) is 12.0 Å². The molecule has 5 heteroatoms. The van der Waals surface area contributed by atoms with E-state index < -0.39 is 17.9 Å².